The van der Waals surface area contributed by atoms with E-state index in [1.165, 1.54) is 0 Å². The summed E-state index contributed by atoms with van der Waals surface area (Å²) in [6.45, 7) is 4.06. The summed E-state index contributed by atoms with van der Waals surface area (Å²) in [4.78, 5) is 15.8. The van der Waals surface area contributed by atoms with Gasteiger partial charge in [-0.15, -0.1) is 0 Å². The second-order valence-electron chi connectivity index (χ2n) is 4.94. The van der Waals surface area contributed by atoms with E-state index in [0.717, 1.165) is 28.3 Å². The number of aromatic nitrogens is 4. The molecule has 0 amide bonds. The molecule has 1 atom stereocenters. The zero-order valence-electron chi connectivity index (χ0n) is 12.0. The topological polar surface area (TPSA) is 66.5 Å². The van der Waals surface area contributed by atoms with Crippen LogP contribution in [0.3, 0.4) is 0 Å². The maximum absolute atomic E-state index is 4.39. The lowest BCUT2D eigenvalue weighted by Crippen LogP contribution is -2.10. The summed E-state index contributed by atoms with van der Waals surface area (Å²) >= 11 is 0. The largest absolute Gasteiger partial charge is 0.377 e. The van der Waals surface area contributed by atoms with Crippen molar-refractivity contribution in [3.63, 3.8) is 0 Å². The van der Waals surface area contributed by atoms with Crippen molar-refractivity contribution < 1.29 is 0 Å². The lowest BCUT2D eigenvalue weighted by atomic mass is 10.1. The second kappa shape index (κ2) is 5.75. The van der Waals surface area contributed by atoms with Gasteiger partial charge in [0.1, 0.15) is 0 Å². The fourth-order valence-corrected chi connectivity index (χ4v) is 2.32. The van der Waals surface area contributed by atoms with Gasteiger partial charge in [0.2, 0.25) is 0 Å². The van der Waals surface area contributed by atoms with Crippen LogP contribution >= 0.6 is 0 Å². The highest BCUT2D eigenvalue weighted by atomic mass is 15.0. The van der Waals surface area contributed by atoms with Gasteiger partial charge in [-0.25, -0.2) is 4.98 Å². The molecule has 2 aromatic heterocycles. The van der Waals surface area contributed by atoms with Crippen LogP contribution in [0.25, 0.3) is 11.3 Å². The first kappa shape index (κ1) is 13.3. The highest BCUT2D eigenvalue weighted by Gasteiger charge is 2.10. The number of anilines is 1. The second-order valence-corrected chi connectivity index (χ2v) is 4.94. The first-order valence-corrected chi connectivity index (χ1v) is 6.87. The van der Waals surface area contributed by atoms with Gasteiger partial charge in [0, 0.05) is 18.1 Å². The van der Waals surface area contributed by atoms with E-state index in [4.69, 9.17) is 0 Å². The molecule has 0 bridgehead atoms. The summed E-state index contributed by atoms with van der Waals surface area (Å²) < 4.78 is 0. The molecule has 2 heterocycles. The van der Waals surface area contributed by atoms with Gasteiger partial charge >= 0.3 is 0 Å². The summed E-state index contributed by atoms with van der Waals surface area (Å²) in [7, 11) is 0. The molecule has 0 radical (unpaired) electrons. The number of hydrogen-bond donors (Lipinski definition) is 2. The minimum atomic E-state index is 0.108. The van der Waals surface area contributed by atoms with Crippen LogP contribution in [-0.4, -0.2) is 19.9 Å². The Labute approximate surface area is 123 Å². The van der Waals surface area contributed by atoms with Gasteiger partial charge in [-0.1, -0.05) is 12.1 Å². The first-order chi connectivity index (χ1) is 10.2. The van der Waals surface area contributed by atoms with Crippen molar-refractivity contribution in [1.82, 2.24) is 19.9 Å². The smallest absolute Gasteiger partial charge is 0.0924 e. The Hall–Kier alpha value is -2.69. The molecule has 0 aliphatic heterocycles. The minimum Gasteiger partial charge on any atom is -0.377 e. The number of aromatic amines is 1. The number of nitrogens with zero attached hydrogens (tertiary/aromatic N) is 3. The van der Waals surface area contributed by atoms with Crippen LogP contribution in [0.15, 0.2) is 49.2 Å². The van der Waals surface area contributed by atoms with Crippen molar-refractivity contribution in [3.05, 3.63) is 60.6 Å². The van der Waals surface area contributed by atoms with Gasteiger partial charge in [-0.3, -0.25) is 9.97 Å². The molecule has 21 heavy (non-hydrogen) atoms. The number of aryl methyl sites for hydroxylation is 1. The van der Waals surface area contributed by atoms with Gasteiger partial charge in [0.05, 0.1) is 35.6 Å². The van der Waals surface area contributed by atoms with E-state index in [1.807, 2.05) is 13.1 Å². The third kappa shape index (κ3) is 2.91. The molecule has 0 spiro atoms. The van der Waals surface area contributed by atoms with Crippen molar-refractivity contribution in [2.24, 2.45) is 0 Å². The Kier molecular flexibility index (Phi) is 3.64. The molecule has 1 unspecified atom stereocenters. The highest BCUT2D eigenvalue weighted by Crippen LogP contribution is 2.22. The van der Waals surface area contributed by atoms with Crippen molar-refractivity contribution in [2.75, 3.05) is 5.32 Å². The Morgan fingerprint density at radius 3 is 2.52 bits per heavy atom. The number of nitrogens with one attached hydrogen (secondary N) is 2. The molecular formula is C16H17N5. The van der Waals surface area contributed by atoms with Crippen LogP contribution in [0.5, 0.6) is 0 Å². The molecule has 2 N–H and O–H groups in total. The van der Waals surface area contributed by atoms with Crippen molar-refractivity contribution in [1.29, 1.82) is 0 Å². The summed E-state index contributed by atoms with van der Waals surface area (Å²) in [5.74, 6) is 0. The molecule has 0 aliphatic carbocycles. The molecular weight excluding hydrogens is 262 g/mol. The number of benzene rings is 1. The van der Waals surface area contributed by atoms with E-state index in [0.29, 0.717) is 0 Å². The molecule has 3 aromatic rings. The van der Waals surface area contributed by atoms with Gasteiger partial charge in [0.25, 0.3) is 0 Å². The van der Waals surface area contributed by atoms with E-state index in [-0.39, 0.29) is 6.04 Å². The van der Waals surface area contributed by atoms with Gasteiger partial charge in [-0.2, -0.15) is 0 Å². The molecule has 5 nitrogen and oxygen atoms in total. The normalized spacial score (nSPS) is 12.1. The number of H-pyrrole nitrogens is 1. The molecule has 0 saturated heterocycles. The highest BCUT2D eigenvalue weighted by molar-refractivity contribution is 5.62. The average Bonchev–Trinajstić information content (AvgIpc) is 3.02. The standard InChI is InChI=1S/C16H17N5/c1-11-16(19-8-7-18-11)12(2)21-14-5-3-13(4-6-14)15-9-17-10-20-15/h3-10,12,21H,1-2H3,(H,17,20). The minimum absolute atomic E-state index is 0.108. The summed E-state index contributed by atoms with van der Waals surface area (Å²) in [5, 5.41) is 3.44. The van der Waals surface area contributed by atoms with E-state index in [1.54, 1.807) is 18.7 Å². The predicted molar refractivity (Wildman–Crippen MR) is 82.8 cm³/mol. The van der Waals surface area contributed by atoms with Crippen LogP contribution in [-0.2, 0) is 0 Å². The Bertz CT molecular complexity index is 704. The Morgan fingerprint density at radius 2 is 1.86 bits per heavy atom. The maximum atomic E-state index is 4.39. The van der Waals surface area contributed by atoms with Gasteiger partial charge < -0.3 is 10.3 Å². The maximum Gasteiger partial charge on any atom is 0.0924 e. The van der Waals surface area contributed by atoms with Crippen molar-refractivity contribution in [3.8, 4) is 11.3 Å². The van der Waals surface area contributed by atoms with Gasteiger partial charge in [0.15, 0.2) is 0 Å². The monoisotopic (exact) mass is 279 g/mol. The third-order valence-corrected chi connectivity index (χ3v) is 3.41. The van der Waals surface area contributed by atoms with Crippen LogP contribution in [0.4, 0.5) is 5.69 Å². The van der Waals surface area contributed by atoms with E-state index in [9.17, 15) is 0 Å². The SMILES string of the molecule is Cc1nccnc1C(C)Nc1ccc(-c2cnc[nH]2)cc1. The fraction of sp³-hybridized carbons (Fsp3) is 0.188. The molecule has 5 heteroatoms. The zero-order valence-corrected chi connectivity index (χ0v) is 12.0. The van der Waals surface area contributed by atoms with E-state index >= 15 is 0 Å². The number of hydrogen-bond acceptors (Lipinski definition) is 4. The first-order valence-electron chi connectivity index (χ1n) is 6.87. The average molecular weight is 279 g/mol. The van der Waals surface area contributed by atoms with E-state index in [2.05, 4.69) is 56.4 Å². The quantitative estimate of drug-likeness (QED) is 0.768. The molecule has 0 aliphatic rings. The lowest BCUT2D eigenvalue weighted by molar-refractivity contribution is 0.810. The van der Waals surface area contributed by atoms with Crippen molar-refractivity contribution in [2.45, 2.75) is 19.9 Å². The van der Waals surface area contributed by atoms with Crippen molar-refractivity contribution >= 4 is 5.69 Å². The fourth-order valence-electron chi connectivity index (χ4n) is 2.32. The Balaban J connectivity index is 1.75. The summed E-state index contributed by atoms with van der Waals surface area (Å²) in [6, 6.07) is 8.34. The zero-order chi connectivity index (χ0) is 14.7. The van der Waals surface area contributed by atoms with Gasteiger partial charge in [-0.05, 0) is 31.5 Å². The molecule has 106 valence electrons. The molecule has 1 aromatic carbocycles. The molecule has 3 rings (SSSR count). The van der Waals surface area contributed by atoms with Crippen LogP contribution in [0.1, 0.15) is 24.4 Å². The lowest BCUT2D eigenvalue weighted by Gasteiger charge is -2.16. The number of imidazole rings is 1. The summed E-state index contributed by atoms with van der Waals surface area (Å²) in [6.07, 6.45) is 6.93. The summed E-state index contributed by atoms with van der Waals surface area (Å²) in [5.41, 5.74) is 5.10. The Morgan fingerprint density at radius 1 is 1.10 bits per heavy atom. The third-order valence-electron chi connectivity index (χ3n) is 3.41. The van der Waals surface area contributed by atoms with Crippen LogP contribution in [0.2, 0.25) is 0 Å². The molecule has 0 fully saturated rings. The predicted octanol–water partition coefficient (Wildman–Crippen LogP) is 3.35. The van der Waals surface area contributed by atoms with E-state index < -0.39 is 0 Å². The van der Waals surface area contributed by atoms with Crippen LogP contribution < -0.4 is 5.32 Å². The van der Waals surface area contributed by atoms with Crippen LogP contribution in [0, 0.1) is 6.92 Å². The number of rotatable bonds is 4. The molecule has 0 saturated carbocycles.